The summed E-state index contributed by atoms with van der Waals surface area (Å²) in [4.78, 5) is 16.1. The Bertz CT molecular complexity index is 758. The summed E-state index contributed by atoms with van der Waals surface area (Å²) in [5, 5.41) is 1.09. The average Bonchev–Trinajstić information content (AvgIpc) is 2.58. The molecule has 24 heavy (non-hydrogen) atoms. The van der Waals surface area contributed by atoms with Crippen LogP contribution in [-0.4, -0.2) is 23.6 Å². The summed E-state index contributed by atoms with van der Waals surface area (Å²) >= 11 is 14.2. The van der Waals surface area contributed by atoms with E-state index in [2.05, 4.69) is 31.4 Å². The first-order valence-corrected chi connectivity index (χ1v) is 9.89. The van der Waals surface area contributed by atoms with Crippen molar-refractivity contribution in [2.45, 2.75) is 30.7 Å². The minimum absolute atomic E-state index is 0.0645. The molecule has 0 saturated heterocycles. The Hall–Kier alpha value is -1.16. The van der Waals surface area contributed by atoms with Crippen LogP contribution in [0.1, 0.15) is 29.7 Å². The fourth-order valence-electron chi connectivity index (χ4n) is 3.32. The van der Waals surface area contributed by atoms with Crippen LogP contribution < -0.4 is 0 Å². The normalized spacial score (nSPS) is 16.8. The van der Waals surface area contributed by atoms with Crippen molar-refractivity contribution in [3.8, 4) is 0 Å². The van der Waals surface area contributed by atoms with E-state index in [0.717, 1.165) is 13.0 Å². The fraction of sp³-hybridized carbons (Fsp3) is 0.316. The Labute approximate surface area is 157 Å². The molecule has 2 aromatic rings. The summed E-state index contributed by atoms with van der Waals surface area (Å²) in [6.45, 7) is 2.82. The number of carbonyl (C=O) groups excluding carboxylic acids is 1. The highest BCUT2D eigenvalue weighted by atomic mass is 35.5. The maximum Gasteiger partial charge on any atom is 0.227 e. The molecule has 0 fully saturated rings. The molecule has 126 valence electrons. The zero-order valence-electron chi connectivity index (χ0n) is 13.7. The highest BCUT2D eigenvalue weighted by Crippen LogP contribution is 2.35. The van der Waals surface area contributed by atoms with Crippen molar-refractivity contribution in [1.29, 1.82) is 0 Å². The molecule has 1 atom stereocenters. The number of thioether (sulfide) groups is 1. The van der Waals surface area contributed by atoms with Gasteiger partial charge >= 0.3 is 0 Å². The molecule has 0 spiro atoms. The van der Waals surface area contributed by atoms with E-state index in [0.29, 0.717) is 15.6 Å². The Morgan fingerprint density at radius 2 is 1.88 bits per heavy atom. The van der Waals surface area contributed by atoms with E-state index in [9.17, 15) is 4.79 Å². The van der Waals surface area contributed by atoms with Crippen molar-refractivity contribution in [3.05, 3.63) is 63.1 Å². The second-order valence-corrected chi connectivity index (χ2v) is 7.58. The highest BCUT2D eigenvalue weighted by Gasteiger charge is 2.29. The lowest BCUT2D eigenvalue weighted by atomic mass is 9.93. The first kappa shape index (κ1) is 17.7. The summed E-state index contributed by atoms with van der Waals surface area (Å²) in [5.74, 6) is 0.0673. The van der Waals surface area contributed by atoms with Gasteiger partial charge in [0.15, 0.2) is 0 Å². The number of hydrogen-bond donors (Lipinski definition) is 0. The van der Waals surface area contributed by atoms with E-state index in [-0.39, 0.29) is 18.4 Å². The van der Waals surface area contributed by atoms with Crippen LogP contribution in [0.4, 0.5) is 0 Å². The van der Waals surface area contributed by atoms with Crippen LogP contribution in [0.15, 0.2) is 41.3 Å². The van der Waals surface area contributed by atoms with Crippen LogP contribution >= 0.6 is 35.0 Å². The minimum Gasteiger partial charge on any atom is -0.335 e. The molecule has 1 unspecified atom stereocenters. The number of rotatable bonds is 3. The third-order valence-corrected chi connectivity index (χ3v) is 6.15. The molecular formula is C19H19Cl2NOS. The van der Waals surface area contributed by atoms with Crippen LogP contribution in [0, 0.1) is 0 Å². The minimum atomic E-state index is 0.0645. The van der Waals surface area contributed by atoms with Gasteiger partial charge in [0.1, 0.15) is 0 Å². The summed E-state index contributed by atoms with van der Waals surface area (Å²) in [5.41, 5.74) is 3.32. The van der Waals surface area contributed by atoms with Crippen molar-refractivity contribution < 1.29 is 4.79 Å². The van der Waals surface area contributed by atoms with Crippen molar-refractivity contribution in [2.75, 3.05) is 12.8 Å². The molecule has 1 heterocycles. The van der Waals surface area contributed by atoms with Gasteiger partial charge in [0.05, 0.1) is 12.5 Å². The Balaban J connectivity index is 1.84. The first-order valence-electron chi connectivity index (χ1n) is 7.91. The lowest BCUT2D eigenvalue weighted by Crippen LogP contribution is -2.40. The lowest BCUT2D eigenvalue weighted by Gasteiger charge is -2.36. The first-order chi connectivity index (χ1) is 11.5. The van der Waals surface area contributed by atoms with E-state index in [4.69, 9.17) is 23.2 Å². The van der Waals surface area contributed by atoms with Crippen LogP contribution in [0.5, 0.6) is 0 Å². The van der Waals surface area contributed by atoms with Crippen LogP contribution in [-0.2, 0) is 17.6 Å². The number of benzene rings is 2. The van der Waals surface area contributed by atoms with Crippen LogP contribution in [0.3, 0.4) is 0 Å². The monoisotopic (exact) mass is 379 g/mol. The molecule has 5 heteroatoms. The smallest absolute Gasteiger partial charge is 0.227 e. The summed E-state index contributed by atoms with van der Waals surface area (Å²) < 4.78 is 0. The SMILES string of the molecule is CSc1cccc2c1CCN(C(=O)Cc1c(Cl)cccc1Cl)C2C. The molecule has 1 aliphatic heterocycles. The van der Waals surface area contributed by atoms with Crippen molar-refractivity contribution >= 4 is 40.9 Å². The van der Waals surface area contributed by atoms with Gasteiger partial charge in [0, 0.05) is 21.5 Å². The molecule has 3 rings (SSSR count). The maximum absolute atomic E-state index is 12.9. The van der Waals surface area contributed by atoms with E-state index in [1.807, 2.05) is 4.90 Å². The van der Waals surface area contributed by atoms with E-state index in [1.165, 1.54) is 16.0 Å². The fourth-order valence-corrected chi connectivity index (χ4v) is 4.53. The van der Waals surface area contributed by atoms with Crippen molar-refractivity contribution in [3.63, 3.8) is 0 Å². The number of carbonyl (C=O) groups is 1. The molecule has 2 nitrogen and oxygen atoms in total. The quantitative estimate of drug-likeness (QED) is 0.664. The van der Waals surface area contributed by atoms with Gasteiger partial charge in [0.2, 0.25) is 5.91 Å². The summed E-state index contributed by atoms with van der Waals surface area (Å²) in [7, 11) is 0. The third-order valence-electron chi connectivity index (χ3n) is 4.62. The van der Waals surface area contributed by atoms with E-state index < -0.39 is 0 Å². The van der Waals surface area contributed by atoms with Crippen LogP contribution in [0.25, 0.3) is 0 Å². The van der Waals surface area contributed by atoms with E-state index >= 15 is 0 Å². The predicted octanol–water partition coefficient (Wildman–Crippen LogP) is 5.40. The molecule has 1 amide bonds. The molecule has 0 N–H and O–H groups in total. The van der Waals surface area contributed by atoms with E-state index in [1.54, 1.807) is 30.0 Å². The Morgan fingerprint density at radius 3 is 2.54 bits per heavy atom. The molecule has 1 aliphatic rings. The number of nitrogens with zero attached hydrogens (tertiary/aromatic N) is 1. The summed E-state index contributed by atoms with van der Waals surface area (Å²) in [6.07, 6.45) is 3.22. The van der Waals surface area contributed by atoms with Gasteiger partial charge in [-0.15, -0.1) is 11.8 Å². The zero-order valence-corrected chi connectivity index (χ0v) is 16.0. The van der Waals surface area contributed by atoms with Crippen molar-refractivity contribution in [2.24, 2.45) is 0 Å². The Morgan fingerprint density at radius 1 is 1.21 bits per heavy atom. The van der Waals surface area contributed by atoms with Gasteiger partial charge in [-0.3, -0.25) is 4.79 Å². The number of hydrogen-bond acceptors (Lipinski definition) is 2. The van der Waals surface area contributed by atoms with Gasteiger partial charge in [0.25, 0.3) is 0 Å². The highest BCUT2D eigenvalue weighted by molar-refractivity contribution is 7.98. The topological polar surface area (TPSA) is 20.3 Å². The average molecular weight is 380 g/mol. The molecule has 2 aromatic carbocycles. The lowest BCUT2D eigenvalue weighted by molar-refractivity contribution is -0.133. The Kier molecular flexibility index (Phi) is 5.43. The predicted molar refractivity (Wildman–Crippen MR) is 102 cm³/mol. The van der Waals surface area contributed by atoms with Gasteiger partial charge in [-0.1, -0.05) is 41.4 Å². The zero-order chi connectivity index (χ0) is 17.3. The molecule has 0 aliphatic carbocycles. The molecule has 0 radical (unpaired) electrons. The molecule has 0 saturated carbocycles. The van der Waals surface area contributed by atoms with Crippen LogP contribution in [0.2, 0.25) is 10.0 Å². The molecular weight excluding hydrogens is 361 g/mol. The number of halogens is 2. The molecule has 0 aromatic heterocycles. The maximum atomic E-state index is 12.9. The van der Waals surface area contributed by atoms with Gasteiger partial charge in [-0.25, -0.2) is 0 Å². The molecule has 0 bridgehead atoms. The van der Waals surface area contributed by atoms with Crippen molar-refractivity contribution in [1.82, 2.24) is 4.90 Å². The van der Waals surface area contributed by atoms with Gasteiger partial charge < -0.3 is 4.90 Å². The number of fused-ring (bicyclic) bond motifs is 1. The third kappa shape index (κ3) is 3.30. The standard InChI is InChI=1S/C19H19Cl2NOS/c1-12-13-5-3-8-18(24-2)14(13)9-10-22(12)19(23)11-15-16(20)6-4-7-17(15)21/h3-8,12H,9-11H2,1-2H3. The second kappa shape index (κ2) is 7.38. The van der Waals surface area contributed by atoms with Gasteiger partial charge in [-0.2, -0.15) is 0 Å². The number of amides is 1. The second-order valence-electron chi connectivity index (χ2n) is 5.92. The van der Waals surface area contributed by atoms with Gasteiger partial charge in [-0.05, 0) is 54.5 Å². The largest absolute Gasteiger partial charge is 0.335 e. The summed E-state index contributed by atoms with van der Waals surface area (Å²) in [6, 6.07) is 11.8.